The molecule has 2 rings (SSSR count). The fourth-order valence-electron chi connectivity index (χ4n) is 1.87. The second kappa shape index (κ2) is 7.10. The molecule has 3 nitrogen and oxygen atoms in total. The van der Waals surface area contributed by atoms with Crippen molar-refractivity contribution in [2.75, 3.05) is 11.9 Å². The van der Waals surface area contributed by atoms with Crippen LogP contribution in [0.5, 0.6) is 0 Å². The second-order valence-electron chi connectivity index (χ2n) is 4.40. The third-order valence-corrected chi connectivity index (χ3v) is 2.97. The Hall–Kier alpha value is -1.61. The zero-order chi connectivity index (χ0) is 13.5. The monoisotopic (exact) mass is 275 g/mol. The molecule has 19 heavy (non-hydrogen) atoms. The number of benzene rings is 1. The highest BCUT2D eigenvalue weighted by Crippen LogP contribution is 2.12. The van der Waals surface area contributed by atoms with Crippen molar-refractivity contribution < 1.29 is 0 Å². The van der Waals surface area contributed by atoms with Gasteiger partial charge in [-0.3, -0.25) is 0 Å². The van der Waals surface area contributed by atoms with Crippen molar-refractivity contribution in [1.82, 2.24) is 9.97 Å². The number of nitrogens with zero attached hydrogens (tertiary/aromatic N) is 2. The molecular formula is C15H18ClN3. The predicted octanol–water partition coefficient (Wildman–Crippen LogP) is 3.74. The summed E-state index contributed by atoms with van der Waals surface area (Å²) in [6, 6.07) is 12.1. The minimum atomic E-state index is 0.501. The van der Waals surface area contributed by atoms with Crippen LogP contribution in [0.3, 0.4) is 0 Å². The van der Waals surface area contributed by atoms with E-state index in [0.29, 0.717) is 5.15 Å². The molecule has 1 N–H and O–H groups in total. The van der Waals surface area contributed by atoms with Gasteiger partial charge in [0, 0.05) is 19.0 Å². The van der Waals surface area contributed by atoms with Gasteiger partial charge in [0.1, 0.15) is 16.8 Å². The maximum atomic E-state index is 5.99. The van der Waals surface area contributed by atoms with Crippen molar-refractivity contribution in [1.29, 1.82) is 0 Å². The van der Waals surface area contributed by atoms with Crippen molar-refractivity contribution in [2.24, 2.45) is 0 Å². The van der Waals surface area contributed by atoms with Crippen molar-refractivity contribution in [2.45, 2.75) is 26.2 Å². The molecule has 4 heteroatoms. The summed E-state index contributed by atoms with van der Waals surface area (Å²) in [5.41, 5.74) is 1.31. The number of hydrogen-bond donors (Lipinski definition) is 1. The van der Waals surface area contributed by atoms with Crippen LogP contribution < -0.4 is 5.32 Å². The quantitative estimate of drug-likeness (QED) is 0.816. The van der Waals surface area contributed by atoms with Gasteiger partial charge in [-0.15, -0.1) is 0 Å². The van der Waals surface area contributed by atoms with Gasteiger partial charge in [-0.2, -0.15) is 0 Å². The van der Waals surface area contributed by atoms with Gasteiger partial charge >= 0.3 is 0 Å². The highest BCUT2D eigenvalue weighted by Gasteiger charge is 2.02. The van der Waals surface area contributed by atoms with Gasteiger partial charge in [-0.25, -0.2) is 9.97 Å². The summed E-state index contributed by atoms with van der Waals surface area (Å²) in [6.45, 7) is 2.94. The number of aromatic nitrogens is 2. The zero-order valence-corrected chi connectivity index (χ0v) is 11.8. The molecule has 0 aliphatic heterocycles. The molecule has 0 atom stereocenters. The summed E-state index contributed by atoms with van der Waals surface area (Å²) in [6.07, 6.45) is 2.84. The van der Waals surface area contributed by atoms with Crippen LogP contribution in [0.15, 0.2) is 36.4 Å². The Morgan fingerprint density at radius 3 is 2.63 bits per heavy atom. The summed E-state index contributed by atoms with van der Waals surface area (Å²) in [5, 5.41) is 3.80. The first-order valence-corrected chi connectivity index (χ1v) is 6.97. The third-order valence-electron chi connectivity index (χ3n) is 2.78. The molecule has 0 unspecified atom stereocenters. The van der Waals surface area contributed by atoms with Crippen LogP contribution in [0.2, 0.25) is 5.15 Å². The van der Waals surface area contributed by atoms with Crippen LogP contribution in [0.4, 0.5) is 5.82 Å². The summed E-state index contributed by atoms with van der Waals surface area (Å²) in [7, 11) is 0. The van der Waals surface area contributed by atoms with Gasteiger partial charge in [0.05, 0.1) is 0 Å². The van der Waals surface area contributed by atoms with E-state index in [4.69, 9.17) is 11.6 Å². The second-order valence-corrected chi connectivity index (χ2v) is 4.79. The number of halogens is 1. The summed E-state index contributed by atoms with van der Waals surface area (Å²) in [5.74, 6) is 1.61. The average Bonchev–Trinajstić information content (AvgIpc) is 2.40. The van der Waals surface area contributed by atoms with Gasteiger partial charge in [0.15, 0.2) is 0 Å². The van der Waals surface area contributed by atoms with Crippen LogP contribution in [0.25, 0.3) is 0 Å². The van der Waals surface area contributed by atoms with Gasteiger partial charge in [0.25, 0.3) is 0 Å². The Kier molecular flexibility index (Phi) is 5.16. The molecule has 1 aromatic carbocycles. The van der Waals surface area contributed by atoms with Gasteiger partial charge in [-0.1, -0.05) is 48.9 Å². The molecule has 0 aliphatic rings. The summed E-state index contributed by atoms with van der Waals surface area (Å²) < 4.78 is 0. The number of nitrogens with one attached hydrogen (secondary N) is 1. The molecule has 0 saturated heterocycles. The average molecular weight is 276 g/mol. The smallest absolute Gasteiger partial charge is 0.134 e. The lowest BCUT2D eigenvalue weighted by molar-refractivity contribution is 0.833. The molecule has 0 fully saturated rings. The lowest BCUT2D eigenvalue weighted by atomic mass is 10.1. The van der Waals surface area contributed by atoms with Crippen molar-refractivity contribution in [3.8, 4) is 0 Å². The lowest BCUT2D eigenvalue weighted by Crippen LogP contribution is -2.08. The van der Waals surface area contributed by atoms with Crippen LogP contribution in [0, 0.1) is 0 Å². The fourth-order valence-corrected chi connectivity index (χ4v) is 2.07. The number of anilines is 1. The molecule has 100 valence electrons. The molecule has 0 bridgehead atoms. The Morgan fingerprint density at radius 1 is 1.11 bits per heavy atom. The molecular weight excluding hydrogens is 258 g/mol. The van der Waals surface area contributed by atoms with E-state index in [9.17, 15) is 0 Å². The van der Waals surface area contributed by atoms with E-state index in [-0.39, 0.29) is 0 Å². The Bertz CT molecular complexity index is 514. The SMILES string of the molecule is CCCc1nc(Cl)cc(NCCc2ccccc2)n1. The standard InChI is InChI=1S/C15H18ClN3/c1-2-6-14-18-13(16)11-15(19-14)17-10-9-12-7-4-3-5-8-12/h3-5,7-8,11H,2,6,9-10H2,1H3,(H,17,18,19). The molecule has 0 radical (unpaired) electrons. The van der Waals surface area contributed by atoms with Gasteiger partial charge < -0.3 is 5.32 Å². The molecule has 1 aromatic heterocycles. The summed E-state index contributed by atoms with van der Waals surface area (Å²) in [4.78, 5) is 8.65. The maximum Gasteiger partial charge on any atom is 0.134 e. The largest absolute Gasteiger partial charge is 0.370 e. The van der Waals surface area contributed by atoms with Crippen molar-refractivity contribution in [3.05, 3.63) is 52.9 Å². The van der Waals surface area contributed by atoms with Crippen molar-refractivity contribution >= 4 is 17.4 Å². The molecule has 2 aromatic rings. The first-order valence-electron chi connectivity index (χ1n) is 6.59. The van der Waals surface area contributed by atoms with E-state index >= 15 is 0 Å². The predicted molar refractivity (Wildman–Crippen MR) is 79.7 cm³/mol. The Morgan fingerprint density at radius 2 is 1.89 bits per heavy atom. The Balaban J connectivity index is 1.92. The highest BCUT2D eigenvalue weighted by atomic mass is 35.5. The first-order chi connectivity index (χ1) is 9.28. The van der Waals surface area contributed by atoms with Crippen LogP contribution in [-0.4, -0.2) is 16.5 Å². The van der Waals surface area contributed by atoms with Crippen LogP contribution in [-0.2, 0) is 12.8 Å². The molecule has 0 aliphatic carbocycles. The Labute approximate surface area is 119 Å². The van der Waals surface area contributed by atoms with Gasteiger partial charge in [0.2, 0.25) is 0 Å². The van der Waals surface area contributed by atoms with E-state index in [0.717, 1.165) is 37.4 Å². The minimum absolute atomic E-state index is 0.501. The topological polar surface area (TPSA) is 37.8 Å². The fraction of sp³-hybridized carbons (Fsp3) is 0.333. The minimum Gasteiger partial charge on any atom is -0.370 e. The maximum absolute atomic E-state index is 5.99. The molecule has 1 heterocycles. The van der Waals surface area contributed by atoms with Crippen molar-refractivity contribution in [3.63, 3.8) is 0 Å². The van der Waals surface area contributed by atoms with Crippen LogP contribution >= 0.6 is 11.6 Å². The van der Waals surface area contributed by atoms with Gasteiger partial charge in [-0.05, 0) is 18.4 Å². The molecule has 0 amide bonds. The summed E-state index contributed by atoms with van der Waals surface area (Å²) >= 11 is 5.99. The number of aryl methyl sites for hydroxylation is 1. The van der Waals surface area contributed by atoms with E-state index in [2.05, 4.69) is 46.5 Å². The zero-order valence-electron chi connectivity index (χ0n) is 11.1. The number of rotatable bonds is 6. The highest BCUT2D eigenvalue weighted by molar-refractivity contribution is 6.29. The van der Waals surface area contributed by atoms with Crippen LogP contribution in [0.1, 0.15) is 24.7 Å². The molecule has 0 saturated carbocycles. The molecule has 0 spiro atoms. The number of hydrogen-bond acceptors (Lipinski definition) is 3. The van der Waals surface area contributed by atoms with E-state index < -0.39 is 0 Å². The normalized spacial score (nSPS) is 10.4. The lowest BCUT2D eigenvalue weighted by Gasteiger charge is -2.07. The first kappa shape index (κ1) is 13.8. The third kappa shape index (κ3) is 4.52. The van der Waals surface area contributed by atoms with E-state index in [1.165, 1.54) is 5.56 Å². The van der Waals surface area contributed by atoms with E-state index in [1.54, 1.807) is 6.07 Å². The van der Waals surface area contributed by atoms with E-state index in [1.807, 2.05) is 6.07 Å².